The summed E-state index contributed by atoms with van der Waals surface area (Å²) in [7, 11) is 0. The molecule has 0 bridgehead atoms. The lowest BCUT2D eigenvalue weighted by Crippen LogP contribution is -2.14. The molecule has 24 heavy (non-hydrogen) atoms. The summed E-state index contributed by atoms with van der Waals surface area (Å²) in [6.45, 7) is 0. The van der Waals surface area contributed by atoms with Crippen LogP contribution in [0.1, 0.15) is 30.4 Å². The Bertz CT molecular complexity index is 777. The second kappa shape index (κ2) is 8.08. The molecular formula is C17H16N4OS2. The van der Waals surface area contributed by atoms with Crippen LogP contribution >= 0.6 is 23.1 Å². The van der Waals surface area contributed by atoms with Gasteiger partial charge in [-0.1, -0.05) is 47.4 Å². The molecule has 7 heteroatoms. The molecule has 1 heterocycles. The Balaban J connectivity index is 1.48. The highest BCUT2D eigenvalue weighted by molar-refractivity contribution is 8.00. The molecule has 0 saturated heterocycles. The number of carbonyl (C=O) groups is 1. The van der Waals surface area contributed by atoms with Crippen molar-refractivity contribution in [2.75, 3.05) is 5.32 Å². The Hall–Kier alpha value is -2.17. The zero-order chi connectivity index (χ0) is 16.8. The third-order valence-electron chi connectivity index (χ3n) is 3.66. The lowest BCUT2D eigenvalue weighted by atomic mass is 10.1. The topological polar surface area (TPSA) is 78.7 Å². The summed E-state index contributed by atoms with van der Waals surface area (Å²) < 4.78 is 0.815. The van der Waals surface area contributed by atoms with Gasteiger partial charge in [0.25, 0.3) is 0 Å². The van der Waals surface area contributed by atoms with E-state index in [4.69, 9.17) is 5.26 Å². The lowest BCUT2D eigenvalue weighted by Gasteiger charge is -2.05. The average Bonchev–Trinajstić information content (AvgIpc) is 3.25. The molecule has 2 aromatic rings. The van der Waals surface area contributed by atoms with Gasteiger partial charge in [-0.2, -0.15) is 5.26 Å². The van der Waals surface area contributed by atoms with Crippen molar-refractivity contribution < 1.29 is 4.79 Å². The monoisotopic (exact) mass is 356 g/mol. The van der Waals surface area contributed by atoms with Crippen molar-refractivity contribution >= 4 is 34.1 Å². The minimum absolute atomic E-state index is 0.00802. The average molecular weight is 356 g/mol. The number of amides is 1. The Morgan fingerprint density at radius 2 is 2.21 bits per heavy atom. The SMILES string of the molecule is N#Cc1ccc(CSc2nnc(NC(=O)CC3C=CCC3)s2)cc1. The van der Waals surface area contributed by atoms with E-state index in [0.29, 0.717) is 23.0 Å². The number of benzene rings is 1. The summed E-state index contributed by atoms with van der Waals surface area (Å²) in [6.07, 6.45) is 6.85. The fourth-order valence-electron chi connectivity index (χ4n) is 2.41. The fraction of sp³-hybridized carbons (Fsp3) is 0.294. The van der Waals surface area contributed by atoms with Gasteiger partial charge in [0, 0.05) is 12.2 Å². The number of hydrogen-bond donors (Lipinski definition) is 1. The van der Waals surface area contributed by atoms with Crippen LogP contribution in [-0.4, -0.2) is 16.1 Å². The third kappa shape index (κ3) is 4.66. The molecule has 0 fully saturated rings. The van der Waals surface area contributed by atoms with Crippen LogP contribution in [0.25, 0.3) is 0 Å². The van der Waals surface area contributed by atoms with Gasteiger partial charge in [-0.05, 0) is 36.5 Å². The number of nitriles is 1. The molecule has 1 aliphatic rings. The van der Waals surface area contributed by atoms with Crippen LogP contribution in [0.4, 0.5) is 5.13 Å². The number of hydrogen-bond acceptors (Lipinski definition) is 6. The standard InChI is InChI=1S/C17H16N4OS2/c18-10-13-5-7-14(8-6-13)11-23-17-21-20-16(24-17)19-15(22)9-12-3-1-2-4-12/h1,3,5-8,12H,2,4,9,11H2,(H,19,20,22). The van der Waals surface area contributed by atoms with E-state index in [-0.39, 0.29) is 5.91 Å². The van der Waals surface area contributed by atoms with Crippen LogP contribution in [0, 0.1) is 17.2 Å². The molecule has 0 radical (unpaired) electrons. The largest absolute Gasteiger partial charge is 0.300 e. The molecule has 1 amide bonds. The van der Waals surface area contributed by atoms with Crippen molar-refractivity contribution in [1.82, 2.24) is 10.2 Å². The summed E-state index contributed by atoms with van der Waals surface area (Å²) in [5.74, 6) is 1.09. The maximum Gasteiger partial charge on any atom is 0.226 e. The van der Waals surface area contributed by atoms with Crippen molar-refractivity contribution in [2.24, 2.45) is 5.92 Å². The molecule has 3 rings (SSSR count). The van der Waals surface area contributed by atoms with E-state index >= 15 is 0 Å². The molecule has 0 spiro atoms. The van der Waals surface area contributed by atoms with Crippen LogP contribution in [0.5, 0.6) is 0 Å². The van der Waals surface area contributed by atoms with Gasteiger partial charge in [-0.3, -0.25) is 4.79 Å². The lowest BCUT2D eigenvalue weighted by molar-refractivity contribution is -0.116. The predicted octanol–water partition coefficient (Wildman–Crippen LogP) is 4.00. The normalized spacial score (nSPS) is 16.0. The highest BCUT2D eigenvalue weighted by Crippen LogP contribution is 2.29. The van der Waals surface area contributed by atoms with Crippen LogP contribution in [0.2, 0.25) is 0 Å². The number of rotatable bonds is 6. The van der Waals surface area contributed by atoms with Gasteiger partial charge in [0.05, 0.1) is 11.6 Å². The maximum atomic E-state index is 12.0. The molecule has 1 aromatic heterocycles. The molecule has 1 aliphatic carbocycles. The number of carbonyl (C=O) groups excluding carboxylic acids is 1. The first-order chi connectivity index (χ1) is 11.7. The third-order valence-corrected chi connectivity index (χ3v) is 5.70. The maximum absolute atomic E-state index is 12.0. The number of anilines is 1. The molecule has 122 valence electrons. The van der Waals surface area contributed by atoms with E-state index in [1.165, 1.54) is 11.3 Å². The van der Waals surface area contributed by atoms with Gasteiger partial charge < -0.3 is 5.32 Å². The van der Waals surface area contributed by atoms with E-state index in [0.717, 1.165) is 28.5 Å². The first kappa shape index (κ1) is 16.7. The Morgan fingerprint density at radius 1 is 1.38 bits per heavy atom. The Kier molecular flexibility index (Phi) is 5.62. The van der Waals surface area contributed by atoms with Crippen LogP contribution in [0.3, 0.4) is 0 Å². The predicted molar refractivity (Wildman–Crippen MR) is 95.7 cm³/mol. The van der Waals surface area contributed by atoms with Crippen LogP contribution in [0.15, 0.2) is 40.8 Å². The van der Waals surface area contributed by atoms with Crippen molar-refractivity contribution in [1.29, 1.82) is 5.26 Å². The highest BCUT2D eigenvalue weighted by Gasteiger charge is 2.15. The smallest absolute Gasteiger partial charge is 0.226 e. The number of allylic oxidation sites excluding steroid dienone is 2. The minimum atomic E-state index is -0.00802. The first-order valence-electron chi connectivity index (χ1n) is 7.65. The van der Waals surface area contributed by atoms with Crippen molar-refractivity contribution in [2.45, 2.75) is 29.4 Å². The first-order valence-corrected chi connectivity index (χ1v) is 9.45. The quantitative estimate of drug-likeness (QED) is 0.481. The number of aromatic nitrogens is 2. The zero-order valence-corrected chi connectivity index (χ0v) is 14.6. The highest BCUT2D eigenvalue weighted by atomic mass is 32.2. The number of nitrogens with one attached hydrogen (secondary N) is 1. The minimum Gasteiger partial charge on any atom is -0.300 e. The Labute approximate surface area is 148 Å². The van der Waals surface area contributed by atoms with E-state index in [1.54, 1.807) is 23.9 Å². The molecule has 5 nitrogen and oxygen atoms in total. The second-order valence-electron chi connectivity index (χ2n) is 5.49. The van der Waals surface area contributed by atoms with Crippen LogP contribution < -0.4 is 5.32 Å². The van der Waals surface area contributed by atoms with E-state index in [1.807, 2.05) is 12.1 Å². The summed E-state index contributed by atoms with van der Waals surface area (Å²) in [4.78, 5) is 12.0. The van der Waals surface area contributed by atoms with E-state index < -0.39 is 0 Å². The number of thioether (sulfide) groups is 1. The van der Waals surface area contributed by atoms with Gasteiger partial charge in [-0.15, -0.1) is 10.2 Å². The van der Waals surface area contributed by atoms with Gasteiger partial charge in [0.1, 0.15) is 0 Å². The molecule has 1 aromatic carbocycles. The zero-order valence-electron chi connectivity index (χ0n) is 12.9. The summed E-state index contributed by atoms with van der Waals surface area (Å²) in [5.41, 5.74) is 1.77. The van der Waals surface area contributed by atoms with E-state index in [9.17, 15) is 4.79 Å². The second-order valence-corrected chi connectivity index (χ2v) is 7.69. The molecule has 1 unspecified atom stereocenters. The molecule has 0 aliphatic heterocycles. The van der Waals surface area contributed by atoms with Crippen molar-refractivity contribution in [3.05, 3.63) is 47.5 Å². The van der Waals surface area contributed by atoms with Gasteiger partial charge in [0.2, 0.25) is 11.0 Å². The van der Waals surface area contributed by atoms with Crippen molar-refractivity contribution in [3.63, 3.8) is 0 Å². The fourth-order valence-corrected chi connectivity index (χ4v) is 4.14. The molecule has 1 N–H and O–H groups in total. The summed E-state index contributed by atoms with van der Waals surface area (Å²) >= 11 is 2.95. The van der Waals surface area contributed by atoms with Gasteiger partial charge in [-0.25, -0.2) is 0 Å². The van der Waals surface area contributed by atoms with Crippen LogP contribution in [-0.2, 0) is 10.5 Å². The molecular weight excluding hydrogens is 340 g/mol. The Morgan fingerprint density at radius 3 is 2.92 bits per heavy atom. The number of nitrogens with zero attached hydrogens (tertiary/aromatic N) is 3. The molecule has 0 saturated carbocycles. The van der Waals surface area contributed by atoms with Crippen molar-refractivity contribution in [3.8, 4) is 6.07 Å². The van der Waals surface area contributed by atoms with Gasteiger partial charge in [0.15, 0.2) is 4.34 Å². The summed E-state index contributed by atoms with van der Waals surface area (Å²) in [6, 6.07) is 9.58. The molecule has 1 atom stereocenters. The summed E-state index contributed by atoms with van der Waals surface area (Å²) in [5, 5.41) is 20.3. The van der Waals surface area contributed by atoms with Gasteiger partial charge >= 0.3 is 0 Å². The van der Waals surface area contributed by atoms with E-state index in [2.05, 4.69) is 33.7 Å².